The van der Waals surface area contributed by atoms with Gasteiger partial charge < -0.3 is 15.1 Å². The summed E-state index contributed by atoms with van der Waals surface area (Å²) in [4.78, 5) is 29.2. The molecule has 1 saturated heterocycles. The van der Waals surface area contributed by atoms with Crippen LogP contribution in [-0.2, 0) is 22.4 Å². The van der Waals surface area contributed by atoms with Crippen molar-refractivity contribution in [3.63, 3.8) is 0 Å². The lowest BCUT2D eigenvalue weighted by atomic mass is 10.1. The molecule has 1 heterocycles. The average molecular weight is 428 g/mol. The minimum atomic E-state index is -0.0234. The maximum absolute atomic E-state index is 12.7. The van der Waals surface area contributed by atoms with Gasteiger partial charge in [-0.3, -0.25) is 9.59 Å². The number of hydrogen-bond donors (Lipinski definition) is 1. The second-order valence-corrected chi connectivity index (χ2v) is 8.23. The molecule has 0 unspecified atom stereocenters. The van der Waals surface area contributed by atoms with Crippen LogP contribution in [0, 0.1) is 6.92 Å². The molecule has 3 aromatic carbocycles. The Morgan fingerprint density at radius 1 is 0.781 bits per heavy atom. The monoisotopic (exact) mass is 427 g/mol. The van der Waals surface area contributed by atoms with E-state index in [-0.39, 0.29) is 11.8 Å². The summed E-state index contributed by atoms with van der Waals surface area (Å²) < 4.78 is 0. The summed E-state index contributed by atoms with van der Waals surface area (Å²) >= 11 is 0. The first kappa shape index (κ1) is 21.6. The number of hydrogen-bond acceptors (Lipinski definition) is 3. The van der Waals surface area contributed by atoms with Gasteiger partial charge in [0, 0.05) is 37.6 Å². The smallest absolute Gasteiger partial charge is 0.228 e. The Morgan fingerprint density at radius 2 is 1.44 bits per heavy atom. The number of rotatable bonds is 6. The zero-order chi connectivity index (χ0) is 22.3. The molecule has 0 radical (unpaired) electrons. The van der Waals surface area contributed by atoms with Gasteiger partial charge in [0.2, 0.25) is 11.8 Å². The van der Waals surface area contributed by atoms with Crippen LogP contribution >= 0.6 is 0 Å². The first-order valence-corrected chi connectivity index (χ1v) is 11.1. The van der Waals surface area contributed by atoms with Crippen LogP contribution in [0.2, 0.25) is 0 Å². The van der Waals surface area contributed by atoms with E-state index in [1.165, 1.54) is 0 Å². The van der Waals surface area contributed by atoms with Crippen molar-refractivity contribution in [3.8, 4) is 0 Å². The van der Waals surface area contributed by atoms with E-state index in [0.29, 0.717) is 12.8 Å². The van der Waals surface area contributed by atoms with E-state index in [4.69, 9.17) is 0 Å². The molecule has 0 aromatic heterocycles. The van der Waals surface area contributed by atoms with Gasteiger partial charge in [-0.05, 0) is 47.9 Å². The van der Waals surface area contributed by atoms with Crippen LogP contribution in [0.15, 0.2) is 78.9 Å². The lowest BCUT2D eigenvalue weighted by molar-refractivity contribution is -0.130. The van der Waals surface area contributed by atoms with Gasteiger partial charge in [0.1, 0.15) is 0 Å². The number of carbonyl (C=O) groups excluding carboxylic acids is 2. The molecule has 1 N–H and O–H groups in total. The SMILES string of the molecule is Cc1ccccc1CC(=O)N1CCN(c2ccc(NC(=O)Cc3ccccc3)cc2)CC1. The van der Waals surface area contributed by atoms with Crippen LogP contribution in [0.4, 0.5) is 11.4 Å². The van der Waals surface area contributed by atoms with Crippen molar-refractivity contribution in [2.45, 2.75) is 19.8 Å². The third-order valence-corrected chi connectivity index (χ3v) is 5.96. The molecule has 0 bridgehead atoms. The van der Waals surface area contributed by atoms with Crippen LogP contribution < -0.4 is 10.2 Å². The highest BCUT2D eigenvalue weighted by Crippen LogP contribution is 2.20. The zero-order valence-electron chi connectivity index (χ0n) is 18.5. The Bertz CT molecular complexity index is 1060. The molecule has 3 aromatic rings. The lowest BCUT2D eigenvalue weighted by Gasteiger charge is -2.36. The highest BCUT2D eigenvalue weighted by Gasteiger charge is 2.21. The highest BCUT2D eigenvalue weighted by molar-refractivity contribution is 5.92. The highest BCUT2D eigenvalue weighted by atomic mass is 16.2. The molecule has 1 aliphatic heterocycles. The Balaban J connectivity index is 1.27. The Hall–Kier alpha value is -3.60. The van der Waals surface area contributed by atoms with Gasteiger partial charge in [0.05, 0.1) is 12.8 Å². The minimum absolute atomic E-state index is 0.0234. The van der Waals surface area contributed by atoms with Crippen LogP contribution in [0.25, 0.3) is 0 Å². The van der Waals surface area contributed by atoms with Crippen molar-refractivity contribution < 1.29 is 9.59 Å². The van der Waals surface area contributed by atoms with Gasteiger partial charge in [0.15, 0.2) is 0 Å². The predicted molar refractivity (Wildman–Crippen MR) is 129 cm³/mol. The van der Waals surface area contributed by atoms with Crippen molar-refractivity contribution in [2.75, 3.05) is 36.4 Å². The number of nitrogens with zero attached hydrogens (tertiary/aromatic N) is 2. The van der Waals surface area contributed by atoms with E-state index in [1.54, 1.807) is 0 Å². The standard InChI is InChI=1S/C27H29N3O2/c1-21-7-5-6-10-23(21)20-27(32)30-17-15-29(16-18-30)25-13-11-24(12-14-25)28-26(31)19-22-8-3-2-4-9-22/h2-14H,15-20H2,1H3,(H,28,31). The first-order valence-electron chi connectivity index (χ1n) is 11.1. The van der Waals surface area contributed by atoms with Gasteiger partial charge in [-0.15, -0.1) is 0 Å². The summed E-state index contributed by atoms with van der Waals surface area (Å²) in [7, 11) is 0. The fourth-order valence-electron chi connectivity index (χ4n) is 4.04. The number of benzene rings is 3. The molecule has 32 heavy (non-hydrogen) atoms. The van der Waals surface area contributed by atoms with Gasteiger partial charge in [-0.25, -0.2) is 0 Å². The van der Waals surface area contributed by atoms with Crippen molar-refractivity contribution in [1.29, 1.82) is 0 Å². The first-order chi connectivity index (χ1) is 15.6. The van der Waals surface area contributed by atoms with E-state index in [9.17, 15) is 9.59 Å². The number of amides is 2. The molecule has 0 aliphatic carbocycles. The average Bonchev–Trinajstić information content (AvgIpc) is 2.82. The van der Waals surface area contributed by atoms with Gasteiger partial charge in [-0.2, -0.15) is 0 Å². The van der Waals surface area contributed by atoms with Crippen LogP contribution in [0.1, 0.15) is 16.7 Å². The van der Waals surface area contributed by atoms with Gasteiger partial charge >= 0.3 is 0 Å². The Labute approximate surface area is 189 Å². The van der Waals surface area contributed by atoms with Gasteiger partial charge in [-0.1, -0.05) is 54.6 Å². The fraction of sp³-hybridized carbons (Fsp3) is 0.259. The van der Waals surface area contributed by atoms with Crippen LogP contribution in [0.3, 0.4) is 0 Å². The fourth-order valence-corrected chi connectivity index (χ4v) is 4.04. The molecule has 0 saturated carbocycles. The van der Waals surface area contributed by atoms with Crippen molar-refractivity contribution >= 4 is 23.2 Å². The van der Waals surface area contributed by atoms with Crippen molar-refractivity contribution in [3.05, 3.63) is 95.6 Å². The van der Waals surface area contributed by atoms with E-state index in [0.717, 1.165) is 54.2 Å². The second kappa shape index (κ2) is 10.1. The molecule has 164 valence electrons. The number of piperazine rings is 1. The summed E-state index contributed by atoms with van der Waals surface area (Å²) in [6, 6.07) is 25.7. The van der Waals surface area contributed by atoms with Gasteiger partial charge in [0.25, 0.3) is 0 Å². The quantitative estimate of drug-likeness (QED) is 0.645. The third-order valence-electron chi connectivity index (χ3n) is 5.96. The second-order valence-electron chi connectivity index (χ2n) is 8.23. The normalized spacial score (nSPS) is 13.7. The maximum Gasteiger partial charge on any atom is 0.228 e. The minimum Gasteiger partial charge on any atom is -0.368 e. The van der Waals surface area contributed by atoms with Crippen LogP contribution in [0.5, 0.6) is 0 Å². The van der Waals surface area contributed by atoms with Crippen molar-refractivity contribution in [1.82, 2.24) is 4.90 Å². The molecule has 5 nitrogen and oxygen atoms in total. The van der Waals surface area contributed by atoms with E-state index in [2.05, 4.69) is 10.2 Å². The summed E-state index contributed by atoms with van der Waals surface area (Å²) in [5.41, 5.74) is 5.16. The molecule has 0 atom stereocenters. The van der Waals surface area contributed by atoms with E-state index >= 15 is 0 Å². The Kier molecular flexibility index (Phi) is 6.85. The summed E-state index contributed by atoms with van der Waals surface area (Å²) in [5, 5.41) is 2.96. The van der Waals surface area contributed by atoms with E-state index in [1.807, 2.05) is 90.7 Å². The lowest BCUT2D eigenvalue weighted by Crippen LogP contribution is -2.49. The number of aryl methyl sites for hydroxylation is 1. The zero-order valence-corrected chi connectivity index (χ0v) is 18.5. The molecule has 2 amide bonds. The third kappa shape index (κ3) is 5.55. The molecular weight excluding hydrogens is 398 g/mol. The summed E-state index contributed by atoms with van der Waals surface area (Å²) in [5.74, 6) is 0.167. The molecule has 4 rings (SSSR count). The Morgan fingerprint density at radius 3 is 2.12 bits per heavy atom. The molecule has 0 spiro atoms. The van der Waals surface area contributed by atoms with E-state index < -0.39 is 0 Å². The summed E-state index contributed by atoms with van der Waals surface area (Å²) in [6.07, 6.45) is 0.825. The molecule has 1 aliphatic rings. The number of nitrogens with one attached hydrogen (secondary N) is 1. The molecule has 5 heteroatoms. The van der Waals surface area contributed by atoms with Crippen molar-refractivity contribution in [2.24, 2.45) is 0 Å². The number of anilines is 2. The topological polar surface area (TPSA) is 52.7 Å². The number of carbonyl (C=O) groups is 2. The largest absolute Gasteiger partial charge is 0.368 e. The molecule has 1 fully saturated rings. The molecular formula is C27H29N3O2. The predicted octanol–water partition coefficient (Wildman–Crippen LogP) is 4.07. The summed E-state index contributed by atoms with van der Waals surface area (Å²) in [6.45, 7) is 5.10. The van der Waals surface area contributed by atoms with Crippen LogP contribution in [-0.4, -0.2) is 42.9 Å². The maximum atomic E-state index is 12.7.